The molecule has 1 aliphatic rings. The van der Waals surface area contributed by atoms with Crippen LogP contribution in [0.5, 0.6) is 0 Å². The van der Waals surface area contributed by atoms with E-state index in [2.05, 4.69) is 23.5 Å². The van der Waals surface area contributed by atoms with E-state index in [9.17, 15) is 4.79 Å². The lowest BCUT2D eigenvalue weighted by Gasteiger charge is -2.13. The molecule has 1 amide bonds. The zero-order valence-electron chi connectivity index (χ0n) is 15.9. The molecule has 0 fully saturated rings. The van der Waals surface area contributed by atoms with Crippen molar-refractivity contribution in [3.63, 3.8) is 0 Å². The minimum absolute atomic E-state index is 0.00664. The van der Waals surface area contributed by atoms with E-state index in [0.29, 0.717) is 13.1 Å². The molecular weight excluding hydrogens is 346 g/mol. The summed E-state index contributed by atoms with van der Waals surface area (Å²) in [6.45, 7) is 1.30. The minimum atomic E-state index is -0.00664. The van der Waals surface area contributed by atoms with Gasteiger partial charge in [0.15, 0.2) is 0 Å². The molecule has 4 nitrogen and oxygen atoms in total. The maximum atomic E-state index is 13.1. The fourth-order valence-electron chi connectivity index (χ4n) is 3.85. The summed E-state index contributed by atoms with van der Waals surface area (Å²) in [7, 11) is 0. The number of nitrogens with two attached hydrogens (primary N) is 1. The Hall–Kier alpha value is -2.98. The summed E-state index contributed by atoms with van der Waals surface area (Å²) in [5.41, 5.74) is 11.6. The summed E-state index contributed by atoms with van der Waals surface area (Å²) < 4.78 is 0. The Morgan fingerprint density at radius 2 is 1.82 bits per heavy atom. The van der Waals surface area contributed by atoms with E-state index in [-0.39, 0.29) is 5.91 Å². The van der Waals surface area contributed by atoms with Crippen molar-refractivity contribution in [1.82, 2.24) is 10.3 Å². The highest BCUT2D eigenvalue weighted by atomic mass is 16.1. The number of para-hydroxylation sites is 1. The summed E-state index contributed by atoms with van der Waals surface area (Å²) in [6.07, 6.45) is 5.75. The lowest BCUT2D eigenvalue weighted by molar-refractivity contribution is 0.0954. The fraction of sp³-hybridized carbons (Fsp3) is 0.250. The fourth-order valence-corrected chi connectivity index (χ4v) is 3.85. The normalized spacial score (nSPS) is 14.4. The Bertz CT molecular complexity index is 1020. The number of hydrogen-bond donors (Lipinski definition) is 2. The topological polar surface area (TPSA) is 68.0 Å². The maximum absolute atomic E-state index is 13.1. The van der Waals surface area contributed by atoms with Crippen LogP contribution < -0.4 is 11.1 Å². The highest BCUT2D eigenvalue weighted by molar-refractivity contribution is 6.09. The van der Waals surface area contributed by atoms with Gasteiger partial charge in [0.1, 0.15) is 0 Å². The number of rotatable bonds is 6. The molecule has 4 heteroatoms. The third kappa shape index (κ3) is 3.69. The van der Waals surface area contributed by atoms with Crippen molar-refractivity contribution < 1.29 is 4.79 Å². The van der Waals surface area contributed by atoms with Crippen LogP contribution in [-0.2, 0) is 6.42 Å². The predicted octanol–water partition coefficient (Wildman–Crippen LogP) is 4.19. The number of nitrogens with zero attached hydrogens (tertiary/aromatic N) is 1. The van der Waals surface area contributed by atoms with Crippen LogP contribution in [0.2, 0.25) is 0 Å². The number of unbranched alkanes of at least 4 members (excludes halogenated alkanes) is 1. The van der Waals surface area contributed by atoms with E-state index >= 15 is 0 Å². The third-order valence-corrected chi connectivity index (χ3v) is 5.23. The summed E-state index contributed by atoms with van der Waals surface area (Å²) >= 11 is 0. The second kappa shape index (κ2) is 8.36. The number of nitrogens with one attached hydrogen (secondary N) is 1. The zero-order chi connectivity index (χ0) is 19.3. The molecule has 3 aromatic rings. The SMILES string of the molecule is NCCCCNC(=O)c1c2c(nc3ccccc13)/C(=C\c1ccccc1)CC2. The van der Waals surface area contributed by atoms with Crippen LogP contribution in [0.15, 0.2) is 54.6 Å². The Morgan fingerprint density at radius 3 is 2.64 bits per heavy atom. The van der Waals surface area contributed by atoms with Crippen molar-refractivity contribution in [3.05, 3.63) is 77.0 Å². The quantitative estimate of drug-likeness (QED) is 0.639. The van der Waals surface area contributed by atoms with Crippen molar-refractivity contribution in [3.8, 4) is 0 Å². The molecule has 0 bridgehead atoms. The standard InChI is InChI=1S/C24H25N3O/c25-14-6-7-15-26-24(28)22-19-10-4-5-11-21(19)27-23-18(12-13-20(22)23)16-17-8-2-1-3-9-17/h1-5,8-11,16H,6-7,12-15,25H2,(H,26,28)/b18-16-. The summed E-state index contributed by atoms with van der Waals surface area (Å²) in [5, 5.41) is 4.01. The average Bonchev–Trinajstić information content (AvgIpc) is 3.12. The first-order chi connectivity index (χ1) is 13.8. The number of carbonyl (C=O) groups excluding carboxylic acids is 1. The minimum Gasteiger partial charge on any atom is -0.352 e. The number of pyridine rings is 1. The largest absolute Gasteiger partial charge is 0.352 e. The number of amides is 1. The van der Waals surface area contributed by atoms with Crippen LogP contribution >= 0.6 is 0 Å². The van der Waals surface area contributed by atoms with Crippen LogP contribution in [0.3, 0.4) is 0 Å². The highest BCUT2D eigenvalue weighted by Gasteiger charge is 2.26. The van der Waals surface area contributed by atoms with Crippen LogP contribution in [0.4, 0.5) is 0 Å². The molecule has 3 N–H and O–H groups in total. The molecule has 0 saturated carbocycles. The Kier molecular flexibility index (Phi) is 5.49. The first kappa shape index (κ1) is 18.4. The van der Waals surface area contributed by atoms with Gasteiger partial charge < -0.3 is 11.1 Å². The van der Waals surface area contributed by atoms with Gasteiger partial charge in [-0.3, -0.25) is 4.79 Å². The van der Waals surface area contributed by atoms with Gasteiger partial charge in [0, 0.05) is 11.9 Å². The van der Waals surface area contributed by atoms with Gasteiger partial charge in [0.05, 0.1) is 16.8 Å². The number of benzene rings is 2. The Balaban J connectivity index is 1.76. The first-order valence-corrected chi connectivity index (χ1v) is 9.94. The van der Waals surface area contributed by atoms with Crippen molar-refractivity contribution in [2.75, 3.05) is 13.1 Å². The van der Waals surface area contributed by atoms with Crippen molar-refractivity contribution in [2.45, 2.75) is 25.7 Å². The number of fused-ring (bicyclic) bond motifs is 2. The average molecular weight is 371 g/mol. The smallest absolute Gasteiger partial charge is 0.252 e. The third-order valence-electron chi connectivity index (χ3n) is 5.23. The maximum Gasteiger partial charge on any atom is 0.252 e. The highest BCUT2D eigenvalue weighted by Crippen LogP contribution is 2.37. The molecule has 0 radical (unpaired) electrons. The first-order valence-electron chi connectivity index (χ1n) is 9.94. The van der Waals surface area contributed by atoms with Crippen LogP contribution in [0, 0.1) is 0 Å². The van der Waals surface area contributed by atoms with Crippen LogP contribution in [-0.4, -0.2) is 24.0 Å². The monoisotopic (exact) mass is 371 g/mol. The summed E-state index contributed by atoms with van der Waals surface area (Å²) in [6, 6.07) is 18.2. The van der Waals surface area contributed by atoms with Crippen molar-refractivity contribution >= 4 is 28.5 Å². The Labute approximate surface area is 165 Å². The number of allylic oxidation sites excluding steroid dienone is 1. The summed E-state index contributed by atoms with van der Waals surface area (Å²) in [5.74, 6) is -0.00664. The number of carbonyl (C=O) groups is 1. The van der Waals surface area contributed by atoms with Gasteiger partial charge in [-0.2, -0.15) is 0 Å². The molecule has 1 aliphatic carbocycles. The van der Waals surface area contributed by atoms with Crippen LogP contribution in [0.1, 0.15) is 46.4 Å². The van der Waals surface area contributed by atoms with Gasteiger partial charge in [-0.1, -0.05) is 48.5 Å². The molecule has 0 spiro atoms. The van der Waals surface area contributed by atoms with Gasteiger partial charge in [-0.25, -0.2) is 4.98 Å². The molecule has 0 aliphatic heterocycles. The van der Waals surface area contributed by atoms with E-state index in [1.165, 1.54) is 5.57 Å². The molecule has 4 rings (SSSR count). The Morgan fingerprint density at radius 1 is 1.04 bits per heavy atom. The molecule has 0 saturated heterocycles. The molecule has 2 aromatic carbocycles. The van der Waals surface area contributed by atoms with Gasteiger partial charge in [0.25, 0.3) is 5.91 Å². The number of hydrogen-bond acceptors (Lipinski definition) is 3. The molecule has 1 heterocycles. The van der Waals surface area contributed by atoms with E-state index < -0.39 is 0 Å². The lowest BCUT2D eigenvalue weighted by Crippen LogP contribution is -2.26. The van der Waals surface area contributed by atoms with E-state index in [0.717, 1.165) is 59.0 Å². The summed E-state index contributed by atoms with van der Waals surface area (Å²) in [4.78, 5) is 18.0. The zero-order valence-corrected chi connectivity index (χ0v) is 15.9. The lowest BCUT2D eigenvalue weighted by atomic mass is 10.00. The van der Waals surface area contributed by atoms with Gasteiger partial charge in [0.2, 0.25) is 0 Å². The van der Waals surface area contributed by atoms with Gasteiger partial charge in [-0.15, -0.1) is 0 Å². The second-order valence-corrected chi connectivity index (χ2v) is 7.16. The van der Waals surface area contributed by atoms with Crippen LogP contribution in [0.25, 0.3) is 22.6 Å². The van der Waals surface area contributed by atoms with Crippen molar-refractivity contribution in [1.29, 1.82) is 0 Å². The molecule has 0 unspecified atom stereocenters. The molecule has 28 heavy (non-hydrogen) atoms. The van der Waals surface area contributed by atoms with Gasteiger partial charge in [-0.05, 0) is 61.1 Å². The van der Waals surface area contributed by atoms with Gasteiger partial charge >= 0.3 is 0 Å². The number of aromatic nitrogens is 1. The van der Waals surface area contributed by atoms with Crippen molar-refractivity contribution in [2.24, 2.45) is 5.73 Å². The van der Waals surface area contributed by atoms with E-state index in [4.69, 9.17) is 10.7 Å². The van der Waals surface area contributed by atoms with E-state index in [1.54, 1.807) is 0 Å². The molecular formula is C24H25N3O. The van der Waals surface area contributed by atoms with E-state index in [1.807, 2.05) is 42.5 Å². The molecule has 0 atom stereocenters. The second-order valence-electron chi connectivity index (χ2n) is 7.16. The molecule has 1 aromatic heterocycles. The molecule has 142 valence electrons. The predicted molar refractivity (Wildman–Crippen MR) is 115 cm³/mol.